The van der Waals surface area contributed by atoms with E-state index in [0.717, 1.165) is 6.61 Å². The number of hydrogen-bond acceptors (Lipinski definition) is 4. The molecule has 86 valence electrons. The Labute approximate surface area is 88.5 Å². The van der Waals surface area contributed by atoms with Gasteiger partial charge in [-0.2, -0.15) is 0 Å². The predicted octanol–water partition coefficient (Wildman–Crippen LogP) is 1.22. The predicted molar refractivity (Wildman–Crippen MR) is 57.4 cm³/mol. The van der Waals surface area contributed by atoms with E-state index in [1.165, 1.54) is 0 Å². The molecular weight excluding hydrogens is 200 g/mol. The van der Waals surface area contributed by atoms with E-state index in [1.807, 2.05) is 20.8 Å². The minimum Gasteiger partial charge on any atom is -0.376 e. The van der Waals surface area contributed by atoms with Crippen LogP contribution in [-0.2, 0) is 18.0 Å². The minimum absolute atomic E-state index is 0.583. The molecule has 1 aliphatic heterocycles. The van der Waals surface area contributed by atoms with Crippen LogP contribution >= 0.6 is 0 Å². The second-order valence-electron chi connectivity index (χ2n) is 2.80. The molecule has 1 rings (SSSR count). The Balaban J connectivity index is 0.000000344. The molecule has 0 amide bonds. The molecule has 0 aliphatic carbocycles. The van der Waals surface area contributed by atoms with Gasteiger partial charge in [-0.15, -0.1) is 0 Å². The summed E-state index contributed by atoms with van der Waals surface area (Å²) in [5.74, 6) is 0. The van der Waals surface area contributed by atoms with Crippen molar-refractivity contribution >= 4 is 9.53 Å². The number of hydrogen-bond donors (Lipinski definition) is 0. The molecule has 0 aromatic carbocycles. The lowest BCUT2D eigenvalue weighted by molar-refractivity contribution is 0.107. The van der Waals surface area contributed by atoms with Gasteiger partial charge >= 0.3 is 9.53 Å². The van der Waals surface area contributed by atoms with E-state index in [2.05, 4.69) is 6.92 Å². The molecule has 0 saturated carbocycles. The summed E-state index contributed by atoms with van der Waals surface area (Å²) in [5, 5.41) is 0. The summed E-state index contributed by atoms with van der Waals surface area (Å²) in [7, 11) is -1.73. The first-order valence-corrected chi connectivity index (χ1v) is 6.62. The Morgan fingerprint density at radius 3 is 1.50 bits per heavy atom. The van der Waals surface area contributed by atoms with Crippen LogP contribution in [0.15, 0.2) is 0 Å². The Hall–Kier alpha value is 0.0569. The van der Waals surface area contributed by atoms with Crippen LogP contribution in [0.5, 0.6) is 0 Å². The Morgan fingerprint density at radius 2 is 1.36 bits per heavy atom. The van der Waals surface area contributed by atoms with Crippen molar-refractivity contribution in [2.75, 3.05) is 26.4 Å². The SMILES string of the molecule is CC1CO1.CCO[SiH](OCC)OCC. The third-order valence-corrected chi connectivity index (χ3v) is 3.22. The standard InChI is InChI=1S/C6H16O3Si.C3H6O/c1-4-7-10(8-5-2)9-6-3;1-3-2-4-3/h10H,4-6H2,1-3H3;3H,2H2,1H3. The van der Waals surface area contributed by atoms with Crippen LogP contribution in [0.3, 0.4) is 0 Å². The van der Waals surface area contributed by atoms with Gasteiger partial charge in [0.1, 0.15) is 0 Å². The highest BCUT2D eigenvalue weighted by Crippen LogP contribution is 2.04. The summed E-state index contributed by atoms with van der Waals surface area (Å²) in [5.41, 5.74) is 0. The van der Waals surface area contributed by atoms with Crippen molar-refractivity contribution in [1.82, 2.24) is 0 Å². The Kier molecular flexibility index (Phi) is 9.64. The van der Waals surface area contributed by atoms with Gasteiger partial charge in [0.2, 0.25) is 0 Å². The summed E-state index contributed by atoms with van der Waals surface area (Å²) in [4.78, 5) is 0. The van der Waals surface area contributed by atoms with E-state index in [-0.39, 0.29) is 0 Å². The molecule has 14 heavy (non-hydrogen) atoms. The first kappa shape index (κ1) is 14.1. The zero-order chi connectivity index (χ0) is 10.8. The third-order valence-electron chi connectivity index (χ3n) is 1.41. The number of epoxide rings is 1. The molecular formula is C9H22O4Si. The van der Waals surface area contributed by atoms with Crippen molar-refractivity contribution in [2.45, 2.75) is 33.8 Å². The highest BCUT2D eigenvalue weighted by atomic mass is 28.3. The third kappa shape index (κ3) is 10.1. The average Bonchev–Trinajstić information content (AvgIpc) is 2.90. The Bertz CT molecular complexity index is 105. The zero-order valence-electron chi connectivity index (χ0n) is 9.62. The minimum atomic E-state index is -1.73. The molecule has 1 aliphatic rings. The van der Waals surface area contributed by atoms with Crippen LogP contribution in [0, 0.1) is 0 Å². The Morgan fingerprint density at radius 1 is 1.07 bits per heavy atom. The lowest BCUT2D eigenvalue weighted by atomic mass is 10.6. The maximum atomic E-state index is 5.22. The molecule has 1 atom stereocenters. The lowest BCUT2D eigenvalue weighted by Crippen LogP contribution is -2.27. The first-order valence-electron chi connectivity index (χ1n) is 5.20. The number of ether oxygens (including phenoxy) is 1. The molecule has 0 aromatic rings. The van der Waals surface area contributed by atoms with Gasteiger partial charge in [-0.25, -0.2) is 0 Å². The second kappa shape index (κ2) is 9.61. The van der Waals surface area contributed by atoms with Crippen molar-refractivity contribution < 1.29 is 18.0 Å². The summed E-state index contributed by atoms with van der Waals surface area (Å²) in [6.07, 6.45) is 0.583. The fourth-order valence-electron chi connectivity index (χ4n) is 0.649. The smallest absolute Gasteiger partial charge is 0.376 e. The molecule has 1 heterocycles. The van der Waals surface area contributed by atoms with Crippen LogP contribution in [0.25, 0.3) is 0 Å². The van der Waals surface area contributed by atoms with Gasteiger partial charge in [0.25, 0.3) is 0 Å². The summed E-state index contributed by atoms with van der Waals surface area (Å²) in [6, 6.07) is 0. The van der Waals surface area contributed by atoms with Gasteiger partial charge < -0.3 is 18.0 Å². The van der Waals surface area contributed by atoms with Crippen LogP contribution < -0.4 is 0 Å². The molecule has 0 spiro atoms. The summed E-state index contributed by atoms with van der Waals surface area (Å²) >= 11 is 0. The lowest BCUT2D eigenvalue weighted by Gasteiger charge is -2.12. The highest BCUT2D eigenvalue weighted by Gasteiger charge is 2.13. The van der Waals surface area contributed by atoms with Gasteiger partial charge in [0.15, 0.2) is 0 Å². The topological polar surface area (TPSA) is 40.2 Å². The van der Waals surface area contributed by atoms with Crippen molar-refractivity contribution in [3.63, 3.8) is 0 Å². The molecule has 1 unspecified atom stereocenters. The normalized spacial score (nSPS) is 19.1. The van der Waals surface area contributed by atoms with E-state index in [4.69, 9.17) is 18.0 Å². The first-order chi connectivity index (χ1) is 6.74. The fourth-order valence-corrected chi connectivity index (χ4v) is 1.75. The fraction of sp³-hybridized carbons (Fsp3) is 1.00. The van der Waals surface area contributed by atoms with Gasteiger partial charge in [0, 0.05) is 19.8 Å². The van der Waals surface area contributed by atoms with Crippen LogP contribution in [-0.4, -0.2) is 42.1 Å². The average molecular weight is 222 g/mol. The molecule has 0 aromatic heterocycles. The molecule has 1 fully saturated rings. The second-order valence-corrected chi connectivity index (χ2v) is 4.38. The van der Waals surface area contributed by atoms with Gasteiger partial charge in [-0.05, 0) is 27.7 Å². The zero-order valence-corrected chi connectivity index (χ0v) is 10.8. The van der Waals surface area contributed by atoms with Crippen molar-refractivity contribution in [1.29, 1.82) is 0 Å². The van der Waals surface area contributed by atoms with Crippen molar-refractivity contribution in [3.05, 3.63) is 0 Å². The van der Waals surface area contributed by atoms with Gasteiger partial charge in [-0.3, -0.25) is 0 Å². The molecule has 1 saturated heterocycles. The van der Waals surface area contributed by atoms with Crippen LogP contribution in [0.4, 0.5) is 0 Å². The molecule has 0 N–H and O–H groups in total. The van der Waals surface area contributed by atoms with Crippen molar-refractivity contribution in [3.8, 4) is 0 Å². The largest absolute Gasteiger partial charge is 0.484 e. The molecule has 5 heteroatoms. The maximum Gasteiger partial charge on any atom is 0.484 e. The van der Waals surface area contributed by atoms with E-state index in [0.29, 0.717) is 25.9 Å². The monoisotopic (exact) mass is 222 g/mol. The number of rotatable bonds is 6. The molecule has 0 bridgehead atoms. The maximum absolute atomic E-state index is 5.22. The summed E-state index contributed by atoms with van der Waals surface area (Å²) in [6.45, 7) is 10.9. The highest BCUT2D eigenvalue weighted by molar-refractivity contribution is 6.36. The van der Waals surface area contributed by atoms with E-state index in [9.17, 15) is 0 Å². The summed E-state index contributed by atoms with van der Waals surface area (Å²) < 4.78 is 20.4. The molecule has 0 radical (unpaired) electrons. The van der Waals surface area contributed by atoms with Crippen molar-refractivity contribution in [2.24, 2.45) is 0 Å². The van der Waals surface area contributed by atoms with Gasteiger partial charge in [-0.1, -0.05) is 0 Å². The van der Waals surface area contributed by atoms with Gasteiger partial charge in [0.05, 0.1) is 12.7 Å². The van der Waals surface area contributed by atoms with E-state index >= 15 is 0 Å². The van der Waals surface area contributed by atoms with E-state index < -0.39 is 9.53 Å². The van der Waals surface area contributed by atoms with E-state index in [1.54, 1.807) is 0 Å². The van der Waals surface area contributed by atoms with Crippen LogP contribution in [0.2, 0.25) is 0 Å². The van der Waals surface area contributed by atoms with Crippen LogP contribution in [0.1, 0.15) is 27.7 Å². The molecule has 4 nitrogen and oxygen atoms in total. The quantitative estimate of drug-likeness (QED) is 0.500.